The molecule has 6 nitrogen and oxygen atoms in total. The summed E-state index contributed by atoms with van der Waals surface area (Å²) in [7, 11) is 1.51. The lowest BCUT2D eigenvalue weighted by Gasteiger charge is -2.27. The molecule has 3 rings (SSSR count). The first-order valence-electron chi connectivity index (χ1n) is 10.3. The molecule has 1 aliphatic heterocycles. The second-order valence-corrected chi connectivity index (χ2v) is 8.15. The van der Waals surface area contributed by atoms with Crippen LogP contribution in [0, 0.1) is 6.92 Å². The minimum Gasteiger partial charge on any atom is -0.495 e. The van der Waals surface area contributed by atoms with Gasteiger partial charge in [0.25, 0.3) is 0 Å². The Labute approximate surface area is 190 Å². The van der Waals surface area contributed by atoms with E-state index in [0.29, 0.717) is 48.5 Å². The van der Waals surface area contributed by atoms with Crippen LogP contribution in [0.3, 0.4) is 0 Å². The standard InChI is InChI=1S/C22H26ClF3N4O2/c1-14-11-18(19(32-3)12-17(14)23)28-21(31)15(2)29-7-4-8-30(10-9-29)20-6-5-16(13-27-20)22(24,25)26/h5-6,11-13,15H,4,7-10H2,1-3H3,(H,28,31)/t15-/m1/s1. The minimum absolute atomic E-state index is 0.175. The summed E-state index contributed by atoms with van der Waals surface area (Å²) in [6, 6.07) is 5.47. The van der Waals surface area contributed by atoms with E-state index in [2.05, 4.69) is 15.2 Å². The fourth-order valence-electron chi connectivity index (χ4n) is 3.63. The van der Waals surface area contributed by atoms with Gasteiger partial charge in [0.05, 0.1) is 24.4 Å². The average Bonchev–Trinajstić information content (AvgIpc) is 3.01. The molecule has 1 atom stereocenters. The van der Waals surface area contributed by atoms with E-state index in [1.807, 2.05) is 18.7 Å². The molecule has 1 amide bonds. The predicted octanol–water partition coefficient (Wildman–Crippen LogP) is 4.61. The zero-order chi connectivity index (χ0) is 23.5. The number of nitrogens with zero attached hydrogens (tertiary/aromatic N) is 3. The molecule has 1 fully saturated rings. The molecule has 2 heterocycles. The summed E-state index contributed by atoms with van der Waals surface area (Å²) in [4.78, 5) is 20.9. The predicted molar refractivity (Wildman–Crippen MR) is 118 cm³/mol. The molecule has 1 aromatic carbocycles. The molecular weight excluding hydrogens is 445 g/mol. The SMILES string of the molecule is COc1cc(Cl)c(C)cc1NC(=O)[C@@H](C)N1CCCN(c2ccc(C(F)(F)F)cn2)CC1. The van der Waals surface area contributed by atoms with Crippen LogP contribution in [-0.2, 0) is 11.0 Å². The number of aryl methyl sites for hydroxylation is 1. The number of rotatable bonds is 5. The molecule has 0 aliphatic carbocycles. The molecule has 0 unspecified atom stereocenters. The van der Waals surface area contributed by atoms with Gasteiger partial charge < -0.3 is 15.0 Å². The van der Waals surface area contributed by atoms with Gasteiger partial charge in [-0.3, -0.25) is 9.69 Å². The molecule has 2 aromatic rings. The van der Waals surface area contributed by atoms with Crippen molar-refractivity contribution in [2.24, 2.45) is 0 Å². The number of methoxy groups -OCH3 is 1. The molecule has 1 N–H and O–H groups in total. The zero-order valence-corrected chi connectivity index (χ0v) is 18.9. The summed E-state index contributed by atoms with van der Waals surface area (Å²) < 4.78 is 43.7. The summed E-state index contributed by atoms with van der Waals surface area (Å²) in [5.74, 6) is 0.807. The summed E-state index contributed by atoms with van der Waals surface area (Å²) in [5, 5.41) is 3.47. The second-order valence-electron chi connectivity index (χ2n) is 7.75. The number of hydrogen-bond acceptors (Lipinski definition) is 5. The van der Waals surface area contributed by atoms with Crippen LogP contribution in [0.15, 0.2) is 30.5 Å². The Hall–Kier alpha value is -2.52. The maximum atomic E-state index is 12.9. The van der Waals surface area contributed by atoms with Gasteiger partial charge in [-0.2, -0.15) is 13.2 Å². The summed E-state index contributed by atoms with van der Waals surface area (Å²) in [6.07, 6.45) is -2.80. The molecular formula is C22H26ClF3N4O2. The van der Waals surface area contributed by atoms with Gasteiger partial charge in [-0.05, 0) is 44.0 Å². The molecule has 0 bridgehead atoms. The number of nitrogens with one attached hydrogen (secondary N) is 1. The third kappa shape index (κ3) is 5.63. The zero-order valence-electron chi connectivity index (χ0n) is 18.2. The van der Waals surface area contributed by atoms with E-state index in [0.717, 1.165) is 24.2 Å². The van der Waals surface area contributed by atoms with Gasteiger partial charge in [-0.25, -0.2) is 4.98 Å². The Balaban J connectivity index is 1.63. The molecule has 10 heteroatoms. The van der Waals surface area contributed by atoms with Crippen molar-refractivity contribution in [3.63, 3.8) is 0 Å². The molecule has 1 aromatic heterocycles. The summed E-state index contributed by atoms with van der Waals surface area (Å²) >= 11 is 6.13. The number of halogens is 4. The minimum atomic E-state index is -4.41. The first-order valence-corrected chi connectivity index (χ1v) is 10.6. The van der Waals surface area contributed by atoms with Gasteiger partial charge in [-0.15, -0.1) is 0 Å². The Kier molecular flexibility index (Phi) is 7.51. The Morgan fingerprint density at radius 2 is 1.97 bits per heavy atom. The Morgan fingerprint density at radius 1 is 1.22 bits per heavy atom. The average molecular weight is 471 g/mol. The van der Waals surface area contributed by atoms with Crippen LogP contribution in [0.2, 0.25) is 5.02 Å². The third-order valence-corrected chi connectivity index (χ3v) is 6.00. The molecule has 1 saturated heterocycles. The molecule has 0 spiro atoms. The molecule has 1 aliphatic rings. The maximum Gasteiger partial charge on any atom is 0.417 e. The van der Waals surface area contributed by atoms with Crippen LogP contribution in [0.4, 0.5) is 24.7 Å². The van der Waals surface area contributed by atoms with Crippen molar-refractivity contribution < 1.29 is 22.7 Å². The molecule has 174 valence electrons. The van der Waals surface area contributed by atoms with E-state index in [4.69, 9.17) is 16.3 Å². The highest BCUT2D eigenvalue weighted by Gasteiger charge is 2.31. The number of ether oxygens (including phenoxy) is 1. The van der Waals surface area contributed by atoms with Gasteiger partial charge in [0.2, 0.25) is 5.91 Å². The highest BCUT2D eigenvalue weighted by atomic mass is 35.5. The molecule has 0 saturated carbocycles. The lowest BCUT2D eigenvalue weighted by Crippen LogP contribution is -2.44. The van der Waals surface area contributed by atoms with E-state index in [1.54, 1.807) is 12.1 Å². The van der Waals surface area contributed by atoms with E-state index < -0.39 is 17.8 Å². The fourth-order valence-corrected chi connectivity index (χ4v) is 3.78. The van der Waals surface area contributed by atoms with Crippen LogP contribution in [0.5, 0.6) is 5.75 Å². The van der Waals surface area contributed by atoms with Gasteiger partial charge in [0.1, 0.15) is 11.6 Å². The largest absolute Gasteiger partial charge is 0.495 e. The van der Waals surface area contributed by atoms with Crippen molar-refractivity contribution in [1.29, 1.82) is 0 Å². The highest BCUT2D eigenvalue weighted by molar-refractivity contribution is 6.31. The summed E-state index contributed by atoms with van der Waals surface area (Å²) in [6.45, 7) is 6.14. The van der Waals surface area contributed by atoms with E-state index >= 15 is 0 Å². The van der Waals surface area contributed by atoms with Gasteiger partial charge in [0.15, 0.2) is 0 Å². The van der Waals surface area contributed by atoms with E-state index in [9.17, 15) is 18.0 Å². The Morgan fingerprint density at radius 3 is 2.59 bits per heavy atom. The lowest BCUT2D eigenvalue weighted by atomic mass is 10.2. The van der Waals surface area contributed by atoms with E-state index in [-0.39, 0.29) is 5.91 Å². The smallest absolute Gasteiger partial charge is 0.417 e. The second kappa shape index (κ2) is 9.95. The van der Waals surface area contributed by atoms with Gasteiger partial charge in [0, 0.05) is 43.5 Å². The fraction of sp³-hybridized carbons (Fsp3) is 0.455. The quantitative estimate of drug-likeness (QED) is 0.691. The van der Waals surface area contributed by atoms with Crippen molar-refractivity contribution in [3.8, 4) is 5.75 Å². The number of carbonyl (C=O) groups excluding carboxylic acids is 1. The maximum absolute atomic E-state index is 12.9. The molecule has 0 radical (unpaired) electrons. The van der Waals surface area contributed by atoms with Crippen LogP contribution < -0.4 is 15.0 Å². The van der Waals surface area contributed by atoms with Crippen LogP contribution in [0.1, 0.15) is 24.5 Å². The van der Waals surface area contributed by atoms with Crippen molar-refractivity contribution in [2.45, 2.75) is 32.5 Å². The van der Waals surface area contributed by atoms with Crippen molar-refractivity contribution >= 4 is 29.0 Å². The lowest BCUT2D eigenvalue weighted by molar-refractivity contribution is -0.137. The highest BCUT2D eigenvalue weighted by Crippen LogP contribution is 2.31. The number of aromatic nitrogens is 1. The summed E-state index contributed by atoms with van der Waals surface area (Å²) in [5.41, 5.74) is 0.609. The van der Waals surface area contributed by atoms with Crippen LogP contribution in [0.25, 0.3) is 0 Å². The molecule has 32 heavy (non-hydrogen) atoms. The third-order valence-electron chi connectivity index (χ3n) is 5.60. The van der Waals surface area contributed by atoms with Gasteiger partial charge >= 0.3 is 6.18 Å². The van der Waals surface area contributed by atoms with E-state index in [1.165, 1.54) is 13.2 Å². The number of pyridine rings is 1. The van der Waals surface area contributed by atoms with Crippen LogP contribution in [-0.4, -0.2) is 55.1 Å². The topological polar surface area (TPSA) is 57.7 Å². The number of anilines is 2. The van der Waals surface area contributed by atoms with Crippen molar-refractivity contribution in [3.05, 3.63) is 46.6 Å². The normalized spacial score (nSPS) is 16.4. The van der Waals surface area contributed by atoms with Gasteiger partial charge in [-0.1, -0.05) is 11.6 Å². The Bertz CT molecular complexity index is 953. The number of alkyl halides is 3. The first-order chi connectivity index (χ1) is 15.1. The number of benzene rings is 1. The number of hydrogen-bond donors (Lipinski definition) is 1. The van der Waals surface area contributed by atoms with Crippen LogP contribution >= 0.6 is 11.6 Å². The first kappa shape index (κ1) is 24.1. The number of amides is 1. The number of carbonyl (C=O) groups is 1. The monoisotopic (exact) mass is 470 g/mol. The van der Waals surface area contributed by atoms with Crippen molar-refractivity contribution in [1.82, 2.24) is 9.88 Å². The van der Waals surface area contributed by atoms with Crippen molar-refractivity contribution in [2.75, 3.05) is 43.5 Å².